The number of hydrogen-bond donors (Lipinski definition) is 0. The lowest BCUT2D eigenvalue weighted by Crippen LogP contribution is -1.99. The van der Waals surface area contributed by atoms with Crippen molar-refractivity contribution in [2.45, 2.75) is 13.3 Å². The Labute approximate surface area is 83.5 Å². The number of nitrogens with zero attached hydrogens (tertiary/aromatic N) is 1. The Bertz CT molecular complexity index is 490. The van der Waals surface area contributed by atoms with E-state index in [9.17, 15) is 0 Å². The van der Waals surface area contributed by atoms with Crippen LogP contribution in [0.4, 0.5) is 5.69 Å². The second-order valence-corrected chi connectivity index (χ2v) is 3.74. The van der Waals surface area contributed by atoms with Crippen molar-refractivity contribution < 1.29 is 0 Å². The number of fused-ring (bicyclic) bond motifs is 3. The molecule has 1 aliphatic heterocycles. The lowest BCUT2D eigenvalue weighted by molar-refractivity contribution is 1.42. The van der Waals surface area contributed by atoms with Crippen LogP contribution in [0.1, 0.15) is 17.5 Å². The standard InChI is InChI=1S/C13H11N/c1-9-5-4-8-12-13(9)10-6-2-3-7-11(10)14-12/h2-6,8H,7H2,1H3. The second-order valence-electron chi connectivity index (χ2n) is 3.74. The summed E-state index contributed by atoms with van der Waals surface area (Å²) in [6.07, 6.45) is 7.42. The highest BCUT2D eigenvalue weighted by atomic mass is 14.8. The van der Waals surface area contributed by atoms with Gasteiger partial charge in [0.2, 0.25) is 0 Å². The Kier molecular flexibility index (Phi) is 1.48. The van der Waals surface area contributed by atoms with Gasteiger partial charge in [-0.05, 0) is 18.6 Å². The quantitative estimate of drug-likeness (QED) is 0.581. The van der Waals surface area contributed by atoms with Crippen LogP contribution in [0.3, 0.4) is 0 Å². The first-order valence-corrected chi connectivity index (χ1v) is 4.91. The second kappa shape index (κ2) is 2.68. The predicted molar refractivity (Wildman–Crippen MR) is 60.0 cm³/mol. The van der Waals surface area contributed by atoms with E-state index in [1.165, 1.54) is 22.4 Å². The van der Waals surface area contributed by atoms with Crippen molar-refractivity contribution in [2.24, 2.45) is 4.99 Å². The van der Waals surface area contributed by atoms with E-state index < -0.39 is 0 Å². The van der Waals surface area contributed by atoms with Crippen LogP contribution in [0.2, 0.25) is 0 Å². The third-order valence-corrected chi connectivity index (χ3v) is 2.80. The van der Waals surface area contributed by atoms with Crippen LogP contribution in [0.15, 0.2) is 41.4 Å². The molecule has 0 N–H and O–H groups in total. The number of hydrogen-bond acceptors (Lipinski definition) is 1. The minimum Gasteiger partial charge on any atom is -0.252 e. The van der Waals surface area contributed by atoms with Gasteiger partial charge in [0.05, 0.1) is 11.4 Å². The van der Waals surface area contributed by atoms with Crippen LogP contribution in [0.25, 0.3) is 5.57 Å². The summed E-state index contributed by atoms with van der Waals surface area (Å²) in [5, 5.41) is 0. The van der Waals surface area contributed by atoms with Gasteiger partial charge < -0.3 is 0 Å². The summed E-state index contributed by atoms with van der Waals surface area (Å²) in [6.45, 7) is 2.15. The zero-order valence-corrected chi connectivity index (χ0v) is 8.12. The molecule has 1 heterocycles. The maximum atomic E-state index is 4.63. The van der Waals surface area contributed by atoms with Crippen LogP contribution in [-0.4, -0.2) is 5.71 Å². The van der Waals surface area contributed by atoms with E-state index in [0.29, 0.717) is 0 Å². The summed E-state index contributed by atoms with van der Waals surface area (Å²) in [4.78, 5) is 4.63. The van der Waals surface area contributed by atoms with Crippen molar-refractivity contribution in [2.75, 3.05) is 0 Å². The third-order valence-electron chi connectivity index (χ3n) is 2.80. The summed E-state index contributed by atoms with van der Waals surface area (Å²) in [6, 6.07) is 6.31. The molecule has 1 aliphatic carbocycles. The van der Waals surface area contributed by atoms with E-state index in [-0.39, 0.29) is 0 Å². The molecule has 0 unspecified atom stereocenters. The zero-order chi connectivity index (χ0) is 9.54. The number of allylic oxidation sites excluding steroid dienone is 4. The van der Waals surface area contributed by atoms with Crippen molar-refractivity contribution in [3.8, 4) is 0 Å². The maximum Gasteiger partial charge on any atom is 0.0715 e. The van der Waals surface area contributed by atoms with E-state index in [0.717, 1.165) is 12.1 Å². The summed E-state index contributed by atoms with van der Waals surface area (Å²) in [7, 11) is 0. The molecular weight excluding hydrogens is 170 g/mol. The number of aliphatic imine (C=N–C) groups is 1. The number of rotatable bonds is 0. The average Bonchev–Trinajstić information content (AvgIpc) is 2.57. The summed E-state index contributed by atoms with van der Waals surface area (Å²) in [5.41, 5.74) is 6.32. The normalized spacial score (nSPS) is 17.2. The molecule has 0 fully saturated rings. The van der Waals surface area contributed by atoms with Gasteiger partial charge in [0, 0.05) is 17.6 Å². The van der Waals surface area contributed by atoms with Crippen LogP contribution < -0.4 is 0 Å². The van der Waals surface area contributed by atoms with Gasteiger partial charge in [-0.1, -0.05) is 30.4 Å². The highest BCUT2D eigenvalue weighted by Gasteiger charge is 2.21. The van der Waals surface area contributed by atoms with Crippen molar-refractivity contribution in [3.05, 3.63) is 47.6 Å². The van der Waals surface area contributed by atoms with Gasteiger partial charge in [-0.2, -0.15) is 0 Å². The first kappa shape index (κ1) is 7.74. The van der Waals surface area contributed by atoms with E-state index >= 15 is 0 Å². The third kappa shape index (κ3) is 0.925. The molecule has 1 aromatic carbocycles. The van der Waals surface area contributed by atoms with Gasteiger partial charge in [-0.25, -0.2) is 0 Å². The summed E-state index contributed by atoms with van der Waals surface area (Å²) in [5.74, 6) is 0. The van der Waals surface area contributed by atoms with Crippen molar-refractivity contribution in [1.29, 1.82) is 0 Å². The molecule has 2 aliphatic rings. The lowest BCUT2D eigenvalue weighted by Gasteiger charge is -2.07. The SMILES string of the molecule is Cc1cccc2c1C1=CC=CCC1=N2. The lowest BCUT2D eigenvalue weighted by atomic mass is 9.94. The van der Waals surface area contributed by atoms with Crippen LogP contribution in [0.5, 0.6) is 0 Å². The van der Waals surface area contributed by atoms with E-state index in [1.54, 1.807) is 0 Å². The fourth-order valence-corrected chi connectivity index (χ4v) is 2.12. The van der Waals surface area contributed by atoms with E-state index in [1.807, 2.05) is 0 Å². The summed E-state index contributed by atoms with van der Waals surface area (Å²) < 4.78 is 0. The van der Waals surface area contributed by atoms with Crippen molar-refractivity contribution in [1.82, 2.24) is 0 Å². The van der Waals surface area contributed by atoms with Gasteiger partial charge in [-0.3, -0.25) is 4.99 Å². The Morgan fingerprint density at radius 1 is 1.29 bits per heavy atom. The van der Waals surface area contributed by atoms with Gasteiger partial charge in [0.1, 0.15) is 0 Å². The van der Waals surface area contributed by atoms with Crippen LogP contribution >= 0.6 is 0 Å². The average molecular weight is 181 g/mol. The highest BCUT2D eigenvalue weighted by Crippen LogP contribution is 2.39. The molecule has 1 heteroatoms. The zero-order valence-electron chi connectivity index (χ0n) is 8.12. The molecule has 0 saturated heterocycles. The van der Waals surface area contributed by atoms with E-state index in [4.69, 9.17) is 0 Å². The number of aryl methyl sites for hydroxylation is 1. The molecule has 0 spiro atoms. The first-order chi connectivity index (χ1) is 6.86. The smallest absolute Gasteiger partial charge is 0.0715 e. The topological polar surface area (TPSA) is 12.4 Å². The van der Waals surface area contributed by atoms with Gasteiger partial charge in [-0.15, -0.1) is 0 Å². The molecule has 3 rings (SSSR count). The molecule has 68 valence electrons. The Balaban J connectivity index is 2.29. The molecule has 14 heavy (non-hydrogen) atoms. The molecule has 0 saturated carbocycles. The van der Waals surface area contributed by atoms with Crippen LogP contribution in [-0.2, 0) is 0 Å². The van der Waals surface area contributed by atoms with Gasteiger partial charge >= 0.3 is 0 Å². The Morgan fingerprint density at radius 3 is 3.14 bits per heavy atom. The van der Waals surface area contributed by atoms with Crippen molar-refractivity contribution in [3.63, 3.8) is 0 Å². The molecule has 1 aromatic rings. The van der Waals surface area contributed by atoms with Crippen LogP contribution in [0, 0.1) is 6.92 Å². The molecule has 0 bridgehead atoms. The summed E-state index contributed by atoms with van der Waals surface area (Å²) >= 11 is 0. The fraction of sp³-hybridized carbons (Fsp3) is 0.154. The monoisotopic (exact) mass is 181 g/mol. The molecule has 0 amide bonds. The predicted octanol–water partition coefficient (Wildman–Crippen LogP) is 3.42. The first-order valence-electron chi connectivity index (χ1n) is 4.91. The minimum absolute atomic E-state index is 0.972. The molecule has 0 radical (unpaired) electrons. The Hall–Kier alpha value is -1.63. The molecule has 1 nitrogen and oxygen atoms in total. The molecule has 0 aromatic heterocycles. The fourth-order valence-electron chi connectivity index (χ4n) is 2.12. The van der Waals surface area contributed by atoms with Gasteiger partial charge in [0.15, 0.2) is 0 Å². The number of benzene rings is 1. The minimum atomic E-state index is 0.972. The van der Waals surface area contributed by atoms with Gasteiger partial charge in [0.25, 0.3) is 0 Å². The maximum absolute atomic E-state index is 4.63. The highest BCUT2D eigenvalue weighted by molar-refractivity contribution is 6.30. The van der Waals surface area contributed by atoms with Crippen molar-refractivity contribution >= 4 is 17.0 Å². The molecular formula is C13H11N. The largest absolute Gasteiger partial charge is 0.252 e. The van der Waals surface area contributed by atoms with E-state index in [2.05, 4.69) is 48.3 Å². The Morgan fingerprint density at radius 2 is 2.21 bits per heavy atom. The molecule has 0 atom stereocenters.